The average Bonchev–Trinajstić information content (AvgIpc) is 2.34. The number of carbonyl (C=O) groups is 2. The van der Waals surface area contributed by atoms with E-state index in [-0.39, 0.29) is 18.5 Å². The van der Waals surface area contributed by atoms with E-state index < -0.39 is 17.3 Å². The Morgan fingerprint density at radius 1 is 1.35 bits per heavy atom. The van der Waals surface area contributed by atoms with Crippen molar-refractivity contribution in [2.24, 2.45) is 0 Å². The highest BCUT2D eigenvalue weighted by atomic mass is 19.1. The lowest BCUT2D eigenvalue weighted by Crippen LogP contribution is -2.54. The molecule has 0 atom stereocenters. The van der Waals surface area contributed by atoms with Gasteiger partial charge in [-0.25, -0.2) is 4.39 Å². The topological polar surface area (TPSA) is 78.4 Å². The van der Waals surface area contributed by atoms with Crippen molar-refractivity contribution >= 4 is 11.8 Å². The first-order chi connectivity index (χ1) is 9.35. The molecule has 1 saturated carbocycles. The summed E-state index contributed by atoms with van der Waals surface area (Å²) < 4.78 is 12.7. The maximum absolute atomic E-state index is 12.7. The van der Waals surface area contributed by atoms with E-state index in [0.29, 0.717) is 18.4 Å². The SMILES string of the molecule is CC1(O)CC(NC(=O)CNC(=O)c2ccc(F)cc2)C1. The molecule has 1 fully saturated rings. The molecular weight excluding hydrogens is 263 g/mol. The summed E-state index contributed by atoms with van der Waals surface area (Å²) in [6.45, 7) is 1.57. The van der Waals surface area contributed by atoms with Gasteiger partial charge >= 0.3 is 0 Å². The van der Waals surface area contributed by atoms with E-state index in [1.165, 1.54) is 24.3 Å². The first-order valence-corrected chi connectivity index (χ1v) is 6.41. The standard InChI is InChI=1S/C14H17FN2O3/c1-14(20)6-11(7-14)17-12(18)8-16-13(19)9-2-4-10(15)5-3-9/h2-5,11,20H,6-8H2,1H3,(H,16,19)(H,17,18). The Kier molecular flexibility index (Phi) is 4.04. The highest BCUT2D eigenvalue weighted by Crippen LogP contribution is 2.31. The molecule has 1 aromatic carbocycles. The Labute approximate surface area is 116 Å². The van der Waals surface area contributed by atoms with Gasteiger partial charge in [0.1, 0.15) is 5.82 Å². The molecule has 0 spiro atoms. The van der Waals surface area contributed by atoms with Crippen molar-refractivity contribution in [2.45, 2.75) is 31.4 Å². The molecule has 1 aromatic rings. The highest BCUT2D eigenvalue weighted by molar-refractivity contribution is 5.96. The smallest absolute Gasteiger partial charge is 0.251 e. The highest BCUT2D eigenvalue weighted by Gasteiger charge is 2.38. The Hall–Kier alpha value is -1.95. The number of benzene rings is 1. The lowest BCUT2D eigenvalue weighted by Gasteiger charge is -2.41. The molecule has 0 radical (unpaired) electrons. The lowest BCUT2D eigenvalue weighted by molar-refractivity contribution is -0.123. The second-order valence-electron chi connectivity index (χ2n) is 5.36. The van der Waals surface area contributed by atoms with Gasteiger partial charge in [0.15, 0.2) is 0 Å². The Bertz CT molecular complexity index is 506. The van der Waals surface area contributed by atoms with Gasteiger partial charge in [0.25, 0.3) is 5.91 Å². The molecule has 5 nitrogen and oxygen atoms in total. The number of rotatable bonds is 4. The van der Waals surface area contributed by atoms with E-state index in [1.807, 2.05) is 0 Å². The van der Waals surface area contributed by atoms with Crippen molar-refractivity contribution < 1.29 is 19.1 Å². The van der Waals surface area contributed by atoms with E-state index in [0.717, 1.165) is 0 Å². The fourth-order valence-corrected chi connectivity index (χ4v) is 2.25. The summed E-state index contributed by atoms with van der Waals surface area (Å²) in [7, 11) is 0. The Morgan fingerprint density at radius 3 is 2.50 bits per heavy atom. The van der Waals surface area contributed by atoms with E-state index in [9.17, 15) is 19.1 Å². The summed E-state index contributed by atoms with van der Waals surface area (Å²) in [5, 5.41) is 14.7. The van der Waals surface area contributed by atoms with E-state index in [2.05, 4.69) is 10.6 Å². The van der Waals surface area contributed by atoms with E-state index >= 15 is 0 Å². The van der Waals surface area contributed by atoms with Crippen LogP contribution in [0.3, 0.4) is 0 Å². The third-order valence-electron chi connectivity index (χ3n) is 3.25. The van der Waals surface area contributed by atoms with Crippen LogP contribution >= 0.6 is 0 Å². The van der Waals surface area contributed by atoms with Gasteiger partial charge in [-0.15, -0.1) is 0 Å². The number of amides is 2. The molecule has 0 bridgehead atoms. The molecule has 6 heteroatoms. The summed E-state index contributed by atoms with van der Waals surface area (Å²) in [5.41, 5.74) is -0.402. The van der Waals surface area contributed by atoms with Crippen molar-refractivity contribution in [3.63, 3.8) is 0 Å². The predicted octanol–water partition coefficient (Wildman–Crippen LogP) is 0.585. The normalized spacial score (nSPS) is 24.6. The molecule has 3 N–H and O–H groups in total. The molecule has 1 aliphatic carbocycles. The molecular formula is C14H17FN2O3. The van der Waals surface area contributed by atoms with Gasteiger partial charge in [0, 0.05) is 11.6 Å². The molecule has 20 heavy (non-hydrogen) atoms. The quantitative estimate of drug-likeness (QED) is 0.755. The molecule has 0 saturated heterocycles. The monoisotopic (exact) mass is 280 g/mol. The van der Waals surface area contributed by atoms with Gasteiger partial charge in [-0.2, -0.15) is 0 Å². The first kappa shape index (κ1) is 14.5. The van der Waals surface area contributed by atoms with Crippen LogP contribution in [0.5, 0.6) is 0 Å². The molecule has 108 valence electrons. The van der Waals surface area contributed by atoms with Crippen molar-refractivity contribution in [3.8, 4) is 0 Å². The fourth-order valence-electron chi connectivity index (χ4n) is 2.25. The zero-order valence-corrected chi connectivity index (χ0v) is 11.1. The summed E-state index contributed by atoms with van der Waals surface area (Å²) in [6.07, 6.45) is 1.04. The molecule has 2 amide bonds. The van der Waals surface area contributed by atoms with Crippen molar-refractivity contribution in [3.05, 3.63) is 35.6 Å². The van der Waals surface area contributed by atoms with Crippen LogP contribution in [-0.2, 0) is 4.79 Å². The molecule has 2 rings (SSSR count). The summed E-state index contributed by atoms with van der Waals surface area (Å²) >= 11 is 0. The van der Waals surface area contributed by atoms with E-state index in [1.54, 1.807) is 6.92 Å². The minimum Gasteiger partial charge on any atom is -0.390 e. The van der Waals surface area contributed by atoms with Crippen molar-refractivity contribution in [1.29, 1.82) is 0 Å². The number of aliphatic hydroxyl groups is 1. The van der Waals surface area contributed by atoms with Crippen LogP contribution in [0, 0.1) is 5.82 Å². The van der Waals surface area contributed by atoms with Crippen molar-refractivity contribution in [2.75, 3.05) is 6.54 Å². The van der Waals surface area contributed by atoms with Crippen LogP contribution in [0.15, 0.2) is 24.3 Å². The summed E-state index contributed by atoms with van der Waals surface area (Å²) in [4.78, 5) is 23.3. The molecule has 0 aromatic heterocycles. The van der Waals surface area contributed by atoms with Crippen LogP contribution in [0.4, 0.5) is 4.39 Å². The molecule has 1 aliphatic rings. The fraction of sp³-hybridized carbons (Fsp3) is 0.429. The molecule has 0 unspecified atom stereocenters. The van der Waals surface area contributed by atoms with Gasteiger partial charge in [-0.3, -0.25) is 9.59 Å². The average molecular weight is 280 g/mol. The van der Waals surface area contributed by atoms with Crippen molar-refractivity contribution in [1.82, 2.24) is 10.6 Å². The van der Waals surface area contributed by atoms with Gasteiger partial charge in [0.05, 0.1) is 12.1 Å². The van der Waals surface area contributed by atoms with Gasteiger partial charge in [-0.05, 0) is 44.0 Å². The number of carbonyl (C=O) groups excluding carboxylic acids is 2. The van der Waals surface area contributed by atoms with Crippen LogP contribution in [0.25, 0.3) is 0 Å². The minimum absolute atomic E-state index is 0.0415. The summed E-state index contributed by atoms with van der Waals surface area (Å²) in [6, 6.07) is 5.04. The first-order valence-electron chi connectivity index (χ1n) is 6.41. The maximum atomic E-state index is 12.7. The number of halogens is 1. The largest absolute Gasteiger partial charge is 0.390 e. The van der Waals surface area contributed by atoms with E-state index in [4.69, 9.17) is 0 Å². The number of hydrogen-bond donors (Lipinski definition) is 3. The minimum atomic E-state index is -0.699. The van der Waals surface area contributed by atoms with Gasteiger partial charge < -0.3 is 15.7 Å². The maximum Gasteiger partial charge on any atom is 0.251 e. The molecule has 0 aliphatic heterocycles. The Morgan fingerprint density at radius 2 is 1.95 bits per heavy atom. The zero-order valence-electron chi connectivity index (χ0n) is 11.1. The zero-order chi connectivity index (χ0) is 14.8. The molecule has 0 heterocycles. The van der Waals surface area contributed by atoms with Crippen LogP contribution in [0.1, 0.15) is 30.1 Å². The van der Waals surface area contributed by atoms with Gasteiger partial charge in [-0.1, -0.05) is 0 Å². The lowest BCUT2D eigenvalue weighted by atomic mass is 9.77. The third kappa shape index (κ3) is 3.77. The van der Waals surface area contributed by atoms with Crippen LogP contribution < -0.4 is 10.6 Å². The predicted molar refractivity (Wildman–Crippen MR) is 70.5 cm³/mol. The number of hydrogen-bond acceptors (Lipinski definition) is 3. The number of nitrogens with one attached hydrogen (secondary N) is 2. The second kappa shape index (κ2) is 5.58. The van der Waals surface area contributed by atoms with Crippen LogP contribution in [0.2, 0.25) is 0 Å². The Balaban J connectivity index is 1.73. The third-order valence-corrected chi connectivity index (χ3v) is 3.25. The second-order valence-corrected chi connectivity index (χ2v) is 5.36. The summed E-state index contributed by atoms with van der Waals surface area (Å²) in [5.74, 6) is -1.15. The van der Waals surface area contributed by atoms with Crippen LogP contribution in [-0.4, -0.2) is 35.1 Å². The van der Waals surface area contributed by atoms with Gasteiger partial charge in [0.2, 0.25) is 5.91 Å².